The van der Waals surface area contributed by atoms with E-state index in [2.05, 4.69) is 36.9 Å². The smallest absolute Gasteiger partial charge is 0.252 e. The van der Waals surface area contributed by atoms with Crippen LogP contribution in [0.2, 0.25) is 5.02 Å². The van der Waals surface area contributed by atoms with Crippen molar-refractivity contribution in [2.45, 2.75) is 18.9 Å². The average Bonchev–Trinajstić information content (AvgIpc) is 3.21. The number of nitriles is 1. The number of anilines is 2. The second-order valence-electron chi connectivity index (χ2n) is 5.69. The monoisotopic (exact) mass is 381 g/mol. The van der Waals surface area contributed by atoms with Crippen LogP contribution in [0.5, 0.6) is 0 Å². The van der Waals surface area contributed by atoms with Crippen molar-refractivity contribution >= 4 is 29.1 Å². The van der Waals surface area contributed by atoms with Gasteiger partial charge in [0, 0.05) is 11.8 Å². The lowest BCUT2D eigenvalue weighted by atomic mass is 9.92. The van der Waals surface area contributed by atoms with Crippen molar-refractivity contribution < 1.29 is 4.79 Å². The molecule has 2 heterocycles. The fraction of sp³-hybridized carbons (Fsp3) is 0.167. The van der Waals surface area contributed by atoms with E-state index in [-0.39, 0.29) is 23.1 Å². The minimum Gasteiger partial charge on any atom is -0.329 e. The van der Waals surface area contributed by atoms with Crippen LogP contribution in [0.25, 0.3) is 0 Å². The first-order valence-corrected chi connectivity index (χ1v) is 8.53. The van der Waals surface area contributed by atoms with Gasteiger partial charge in [0.25, 0.3) is 5.91 Å². The summed E-state index contributed by atoms with van der Waals surface area (Å²) in [4.78, 5) is 21.1. The lowest BCUT2D eigenvalue weighted by Crippen LogP contribution is -2.45. The van der Waals surface area contributed by atoms with Crippen LogP contribution < -0.4 is 10.6 Å². The van der Waals surface area contributed by atoms with Crippen LogP contribution in [0.15, 0.2) is 48.9 Å². The molecule has 0 unspecified atom stereocenters. The molecular weight excluding hydrogens is 366 g/mol. The molecule has 0 radical (unpaired) electrons. The Labute approximate surface area is 160 Å². The molecule has 3 aromatic rings. The van der Waals surface area contributed by atoms with Gasteiger partial charge in [0.05, 0.1) is 29.2 Å². The quantitative estimate of drug-likeness (QED) is 0.603. The van der Waals surface area contributed by atoms with E-state index < -0.39 is 11.4 Å². The summed E-state index contributed by atoms with van der Waals surface area (Å²) < 4.78 is 0. The zero-order chi connectivity index (χ0) is 19.3. The summed E-state index contributed by atoms with van der Waals surface area (Å²) in [6, 6.07) is 10.8. The van der Waals surface area contributed by atoms with Gasteiger partial charge in [-0.2, -0.15) is 10.4 Å². The van der Waals surface area contributed by atoms with Crippen molar-refractivity contribution in [3.63, 3.8) is 0 Å². The van der Waals surface area contributed by atoms with E-state index in [1.807, 2.05) is 6.07 Å². The van der Waals surface area contributed by atoms with Crippen LogP contribution in [0.4, 0.5) is 11.6 Å². The number of nitrogens with zero attached hydrogens (tertiary/aromatic N) is 4. The van der Waals surface area contributed by atoms with Gasteiger partial charge >= 0.3 is 0 Å². The maximum absolute atomic E-state index is 12.6. The lowest BCUT2D eigenvalue weighted by molar-refractivity contribution is 0.0914. The van der Waals surface area contributed by atoms with Crippen molar-refractivity contribution in [1.82, 2.24) is 25.5 Å². The highest BCUT2D eigenvalue weighted by molar-refractivity contribution is 6.31. The average molecular weight is 382 g/mol. The molecule has 0 fully saturated rings. The van der Waals surface area contributed by atoms with Gasteiger partial charge in [-0.05, 0) is 18.6 Å². The van der Waals surface area contributed by atoms with E-state index in [1.165, 1.54) is 6.20 Å². The zero-order valence-corrected chi connectivity index (χ0v) is 15.2. The first-order valence-electron chi connectivity index (χ1n) is 8.15. The Balaban J connectivity index is 1.96. The molecule has 1 atom stereocenters. The largest absolute Gasteiger partial charge is 0.329 e. The third-order valence-corrected chi connectivity index (χ3v) is 4.26. The Kier molecular flexibility index (Phi) is 5.33. The first-order chi connectivity index (χ1) is 13.1. The van der Waals surface area contributed by atoms with Crippen LogP contribution in [-0.2, 0) is 5.54 Å². The third-order valence-electron chi connectivity index (χ3n) is 3.99. The predicted octanol–water partition coefficient (Wildman–Crippen LogP) is 3.16. The Morgan fingerprint density at radius 2 is 2.11 bits per heavy atom. The van der Waals surface area contributed by atoms with Gasteiger partial charge in [-0.1, -0.05) is 36.7 Å². The first kappa shape index (κ1) is 18.4. The number of aromatic nitrogens is 4. The van der Waals surface area contributed by atoms with Gasteiger partial charge < -0.3 is 10.6 Å². The highest BCUT2D eigenvalue weighted by Crippen LogP contribution is 2.30. The Morgan fingerprint density at radius 1 is 1.33 bits per heavy atom. The number of nitrogens with one attached hydrogen (secondary N) is 3. The van der Waals surface area contributed by atoms with Crippen molar-refractivity contribution in [2.75, 3.05) is 5.32 Å². The van der Waals surface area contributed by atoms with E-state index in [0.717, 1.165) is 0 Å². The molecule has 0 spiro atoms. The fourth-order valence-electron chi connectivity index (χ4n) is 2.51. The van der Waals surface area contributed by atoms with E-state index >= 15 is 0 Å². The van der Waals surface area contributed by atoms with E-state index in [4.69, 9.17) is 11.6 Å². The van der Waals surface area contributed by atoms with E-state index in [1.54, 1.807) is 43.6 Å². The molecule has 136 valence electrons. The molecule has 0 bridgehead atoms. The van der Waals surface area contributed by atoms with Crippen molar-refractivity contribution in [3.05, 3.63) is 65.2 Å². The SMILES string of the molecule is CC[C@](C#N)(NC(=O)c1ccccc1)c1nc(Nc2cn[nH]c2)ncc1Cl. The number of hydrogen-bond acceptors (Lipinski definition) is 6. The molecule has 0 saturated carbocycles. The van der Waals surface area contributed by atoms with Gasteiger partial charge in [-0.25, -0.2) is 9.97 Å². The second-order valence-corrected chi connectivity index (χ2v) is 6.10. The number of carbonyl (C=O) groups excluding carboxylic acids is 1. The Bertz CT molecular complexity index is 969. The topological polar surface area (TPSA) is 119 Å². The van der Waals surface area contributed by atoms with Gasteiger partial charge in [-0.15, -0.1) is 0 Å². The molecule has 0 aliphatic rings. The van der Waals surface area contributed by atoms with Crippen molar-refractivity contribution in [3.8, 4) is 6.07 Å². The highest BCUT2D eigenvalue weighted by Gasteiger charge is 2.37. The Morgan fingerprint density at radius 3 is 2.74 bits per heavy atom. The number of rotatable bonds is 6. The van der Waals surface area contributed by atoms with Gasteiger partial charge in [-0.3, -0.25) is 9.89 Å². The zero-order valence-electron chi connectivity index (χ0n) is 14.4. The lowest BCUT2D eigenvalue weighted by Gasteiger charge is -2.27. The second kappa shape index (κ2) is 7.85. The molecule has 3 N–H and O–H groups in total. The van der Waals surface area contributed by atoms with Crippen LogP contribution in [0.1, 0.15) is 29.4 Å². The summed E-state index contributed by atoms with van der Waals surface area (Å²) in [5, 5.41) is 22.3. The maximum atomic E-state index is 12.6. The number of hydrogen-bond donors (Lipinski definition) is 3. The van der Waals surface area contributed by atoms with Gasteiger partial charge in [0.2, 0.25) is 5.95 Å². The summed E-state index contributed by atoms with van der Waals surface area (Å²) in [5.74, 6) is -0.157. The number of H-pyrrole nitrogens is 1. The van der Waals surface area contributed by atoms with Crippen LogP contribution in [0, 0.1) is 11.3 Å². The standard InChI is InChI=1S/C18H16ClN7O/c1-2-18(11-20,26-16(27)12-6-4-3-5-7-12)15-14(19)10-21-17(25-15)24-13-8-22-23-9-13/h3-10H,2H2,1H3,(H,22,23)(H,26,27)(H,21,24,25)/t18-/m1/s1. The molecule has 8 nitrogen and oxygen atoms in total. The molecule has 0 saturated heterocycles. The predicted molar refractivity (Wildman–Crippen MR) is 100 cm³/mol. The molecule has 9 heteroatoms. The molecule has 1 aromatic carbocycles. The van der Waals surface area contributed by atoms with E-state index in [9.17, 15) is 10.1 Å². The van der Waals surface area contributed by atoms with Crippen molar-refractivity contribution in [1.29, 1.82) is 5.26 Å². The third kappa shape index (κ3) is 3.88. The number of aromatic amines is 1. The maximum Gasteiger partial charge on any atom is 0.252 e. The molecule has 1 amide bonds. The normalized spacial score (nSPS) is 12.6. The Hall–Kier alpha value is -3.44. The number of benzene rings is 1. The minimum atomic E-state index is -1.40. The number of amides is 1. The van der Waals surface area contributed by atoms with Gasteiger partial charge in [0.15, 0.2) is 5.54 Å². The van der Waals surface area contributed by atoms with Crippen LogP contribution in [0.3, 0.4) is 0 Å². The van der Waals surface area contributed by atoms with Crippen LogP contribution >= 0.6 is 11.6 Å². The van der Waals surface area contributed by atoms with Crippen LogP contribution in [-0.4, -0.2) is 26.1 Å². The van der Waals surface area contributed by atoms with E-state index in [0.29, 0.717) is 11.3 Å². The summed E-state index contributed by atoms with van der Waals surface area (Å²) in [5.41, 5.74) is -0.0950. The molecule has 0 aliphatic carbocycles. The summed E-state index contributed by atoms with van der Waals surface area (Å²) in [6.45, 7) is 1.77. The molecule has 0 aliphatic heterocycles. The molecular formula is C18H16ClN7O. The number of halogens is 1. The summed E-state index contributed by atoms with van der Waals surface area (Å²) in [7, 11) is 0. The minimum absolute atomic E-state index is 0.185. The number of carbonyl (C=O) groups is 1. The molecule has 27 heavy (non-hydrogen) atoms. The molecule has 3 rings (SSSR count). The summed E-state index contributed by atoms with van der Waals surface area (Å²) in [6.07, 6.45) is 4.85. The van der Waals surface area contributed by atoms with Crippen molar-refractivity contribution in [2.24, 2.45) is 0 Å². The molecule has 2 aromatic heterocycles. The highest BCUT2D eigenvalue weighted by atomic mass is 35.5. The van der Waals surface area contributed by atoms with Gasteiger partial charge in [0.1, 0.15) is 5.69 Å². The fourth-order valence-corrected chi connectivity index (χ4v) is 2.76. The summed E-state index contributed by atoms with van der Waals surface area (Å²) >= 11 is 6.28.